The summed E-state index contributed by atoms with van der Waals surface area (Å²) >= 11 is 0. The summed E-state index contributed by atoms with van der Waals surface area (Å²) in [5.74, 6) is 0.446. The number of anilines is 1. The average Bonchev–Trinajstić information content (AvgIpc) is 2.78. The molecule has 2 aromatic rings. The van der Waals surface area contributed by atoms with E-state index in [1.165, 1.54) is 0 Å². The number of benzene rings is 1. The van der Waals surface area contributed by atoms with E-state index in [0.29, 0.717) is 18.9 Å². The molecule has 24 heavy (non-hydrogen) atoms. The Labute approximate surface area is 144 Å². The van der Waals surface area contributed by atoms with Crippen molar-refractivity contribution in [3.8, 4) is 0 Å². The minimum Gasteiger partial charge on any atom is -0.380 e. The van der Waals surface area contributed by atoms with Crippen molar-refractivity contribution in [2.24, 2.45) is 13.0 Å². The Morgan fingerprint density at radius 2 is 1.88 bits per heavy atom. The molecule has 5 heteroatoms. The smallest absolute Gasteiger partial charge is 0.224 e. The van der Waals surface area contributed by atoms with Crippen LogP contribution in [0.4, 0.5) is 5.69 Å². The van der Waals surface area contributed by atoms with Gasteiger partial charge in [-0.25, -0.2) is 0 Å². The van der Waals surface area contributed by atoms with Gasteiger partial charge in [0.15, 0.2) is 0 Å². The molecule has 0 saturated carbocycles. The van der Waals surface area contributed by atoms with Gasteiger partial charge in [0.1, 0.15) is 0 Å². The molecule has 130 valence electrons. The lowest BCUT2D eigenvalue weighted by molar-refractivity contribution is -0.120. The van der Waals surface area contributed by atoms with Crippen LogP contribution in [0.25, 0.3) is 0 Å². The summed E-state index contributed by atoms with van der Waals surface area (Å²) in [7, 11) is 1.91. The zero-order chi connectivity index (χ0) is 17.7. The van der Waals surface area contributed by atoms with Crippen molar-refractivity contribution < 1.29 is 4.79 Å². The molecule has 1 unspecified atom stereocenters. The Balaban J connectivity index is 1.93. The molecule has 2 N–H and O–H groups in total. The first-order valence-electron chi connectivity index (χ1n) is 8.45. The molecule has 0 spiro atoms. The number of aryl methyl sites for hydroxylation is 2. The number of rotatable bonds is 7. The lowest BCUT2D eigenvalue weighted by Gasteiger charge is -2.24. The second-order valence-electron chi connectivity index (χ2n) is 6.61. The topological polar surface area (TPSA) is 59.0 Å². The van der Waals surface area contributed by atoms with Crippen molar-refractivity contribution in [2.75, 3.05) is 11.9 Å². The van der Waals surface area contributed by atoms with E-state index in [9.17, 15) is 4.79 Å². The molecule has 0 radical (unpaired) electrons. The lowest BCUT2D eigenvalue weighted by Crippen LogP contribution is -2.40. The quantitative estimate of drug-likeness (QED) is 0.822. The van der Waals surface area contributed by atoms with Crippen molar-refractivity contribution >= 4 is 11.6 Å². The van der Waals surface area contributed by atoms with Crippen molar-refractivity contribution in [1.29, 1.82) is 0 Å². The molecule has 0 aliphatic heterocycles. The summed E-state index contributed by atoms with van der Waals surface area (Å²) in [6.45, 7) is 8.86. The molecule has 1 aromatic carbocycles. The van der Waals surface area contributed by atoms with Crippen LogP contribution >= 0.6 is 0 Å². The van der Waals surface area contributed by atoms with E-state index < -0.39 is 0 Å². The largest absolute Gasteiger partial charge is 0.380 e. The third-order valence-electron chi connectivity index (χ3n) is 4.45. The number of hydrogen-bond donors (Lipinski definition) is 2. The summed E-state index contributed by atoms with van der Waals surface area (Å²) in [5, 5.41) is 10.9. The van der Waals surface area contributed by atoms with Gasteiger partial charge in [-0.15, -0.1) is 0 Å². The molecule has 0 bridgehead atoms. The first kappa shape index (κ1) is 18.0. The third kappa shape index (κ3) is 4.60. The van der Waals surface area contributed by atoms with Gasteiger partial charge in [-0.05, 0) is 31.9 Å². The molecule has 1 atom stereocenters. The minimum atomic E-state index is 0.0368. The van der Waals surface area contributed by atoms with Crippen LogP contribution in [-0.2, 0) is 18.3 Å². The summed E-state index contributed by atoms with van der Waals surface area (Å²) in [5.41, 5.74) is 4.06. The highest BCUT2D eigenvalue weighted by Crippen LogP contribution is 2.14. The molecular weight excluding hydrogens is 300 g/mol. The van der Waals surface area contributed by atoms with Crippen molar-refractivity contribution in [1.82, 2.24) is 15.1 Å². The number of aromatic nitrogens is 2. The van der Waals surface area contributed by atoms with Crippen LogP contribution < -0.4 is 10.6 Å². The monoisotopic (exact) mass is 328 g/mol. The van der Waals surface area contributed by atoms with Crippen LogP contribution in [0, 0.1) is 19.8 Å². The van der Waals surface area contributed by atoms with E-state index in [1.54, 1.807) is 0 Å². The Morgan fingerprint density at radius 3 is 2.42 bits per heavy atom. The van der Waals surface area contributed by atoms with Crippen molar-refractivity contribution in [2.45, 2.75) is 40.2 Å². The highest BCUT2D eigenvalue weighted by molar-refractivity contribution is 5.79. The van der Waals surface area contributed by atoms with Gasteiger partial charge in [0.05, 0.1) is 12.1 Å². The van der Waals surface area contributed by atoms with E-state index in [4.69, 9.17) is 0 Å². The molecule has 0 aliphatic carbocycles. The highest BCUT2D eigenvalue weighted by Gasteiger charge is 2.17. The highest BCUT2D eigenvalue weighted by atomic mass is 16.1. The van der Waals surface area contributed by atoms with Gasteiger partial charge in [-0.1, -0.05) is 32.0 Å². The summed E-state index contributed by atoms with van der Waals surface area (Å²) in [4.78, 5) is 12.3. The maximum atomic E-state index is 12.3. The van der Waals surface area contributed by atoms with Crippen LogP contribution in [0.1, 0.15) is 30.8 Å². The minimum absolute atomic E-state index is 0.0368. The lowest BCUT2D eigenvalue weighted by atomic mass is 10.0. The molecule has 5 nitrogen and oxygen atoms in total. The van der Waals surface area contributed by atoms with Crippen LogP contribution in [0.2, 0.25) is 0 Å². The predicted molar refractivity (Wildman–Crippen MR) is 98.1 cm³/mol. The number of nitrogens with zero attached hydrogens (tertiary/aromatic N) is 2. The van der Waals surface area contributed by atoms with Crippen LogP contribution in [0.3, 0.4) is 0 Å². The molecular formula is C19H28N4O. The standard InChI is InChI=1S/C19H28N4O/c1-13(2)18(21-16-9-7-6-8-10-16)12-20-19(24)11-17-14(3)22-23(5)15(17)4/h6-10,13,18,21H,11-12H2,1-5H3,(H,20,24). The predicted octanol–water partition coefficient (Wildman–Crippen LogP) is 2.83. The van der Waals surface area contributed by atoms with E-state index in [-0.39, 0.29) is 11.9 Å². The molecule has 2 rings (SSSR count). The van der Waals surface area contributed by atoms with Crippen molar-refractivity contribution in [3.05, 3.63) is 47.3 Å². The van der Waals surface area contributed by atoms with Gasteiger partial charge < -0.3 is 10.6 Å². The third-order valence-corrected chi connectivity index (χ3v) is 4.45. The molecule has 1 amide bonds. The van der Waals surface area contributed by atoms with Crippen LogP contribution in [-0.4, -0.2) is 28.3 Å². The molecule has 0 saturated heterocycles. The fraction of sp³-hybridized carbons (Fsp3) is 0.474. The van der Waals surface area contributed by atoms with Crippen molar-refractivity contribution in [3.63, 3.8) is 0 Å². The van der Waals surface area contributed by atoms with E-state index in [2.05, 4.69) is 29.6 Å². The van der Waals surface area contributed by atoms with E-state index >= 15 is 0 Å². The zero-order valence-electron chi connectivity index (χ0n) is 15.3. The second kappa shape index (κ2) is 7.99. The number of nitrogens with one attached hydrogen (secondary N) is 2. The van der Waals surface area contributed by atoms with E-state index in [1.807, 2.05) is 55.9 Å². The SMILES string of the molecule is Cc1nn(C)c(C)c1CC(=O)NCC(Nc1ccccc1)C(C)C. The molecule has 0 aliphatic rings. The number of amides is 1. The molecule has 1 aromatic heterocycles. The van der Waals surface area contributed by atoms with E-state index in [0.717, 1.165) is 22.6 Å². The van der Waals surface area contributed by atoms with Gasteiger partial charge in [-0.3, -0.25) is 9.48 Å². The summed E-state index contributed by atoms with van der Waals surface area (Å²) in [6.07, 6.45) is 0.377. The Hall–Kier alpha value is -2.30. The number of para-hydroxylation sites is 1. The summed E-state index contributed by atoms with van der Waals surface area (Å²) < 4.78 is 1.83. The fourth-order valence-corrected chi connectivity index (χ4v) is 2.72. The first-order valence-corrected chi connectivity index (χ1v) is 8.45. The zero-order valence-corrected chi connectivity index (χ0v) is 15.3. The van der Waals surface area contributed by atoms with Crippen LogP contribution in [0.15, 0.2) is 30.3 Å². The Kier molecular flexibility index (Phi) is 6.01. The van der Waals surface area contributed by atoms with Gasteiger partial charge in [0.2, 0.25) is 5.91 Å². The normalized spacial score (nSPS) is 12.2. The van der Waals surface area contributed by atoms with Crippen LogP contribution in [0.5, 0.6) is 0 Å². The molecule has 1 heterocycles. The fourth-order valence-electron chi connectivity index (χ4n) is 2.72. The van der Waals surface area contributed by atoms with Gasteiger partial charge in [0.25, 0.3) is 0 Å². The van der Waals surface area contributed by atoms with Gasteiger partial charge in [-0.2, -0.15) is 5.10 Å². The second-order valence-corrected chi connectivity index (χ2v) is 6.61. The Bertz CT molecular complexity index is 676. The number of carbonyl (C=O) groups excluding carboxylic acids is 1. The maximum absolute atomic E-state index is 12.3. The average molecular weight is 328 g/mol. The van der Waals surface area contributed by atoms with Gasteiger partial charge >= 0.3 is 0 Å². The number of hydrogen-bond acceptors (Lipinski definition) is 3. The molecule has 0 fully saturated rings. The maximum Gasteiger partial charge on any atom is 0.224 e. The Morgan fingerprint density at radius 1 is 1.21 bits per heavy atom. The number of carbonyl (C=O) groups is 1. The van der Waals surface area contributed by atoms with Gasteiger partial charge in [0, 0.05) is 36.6 Å². The summed E-state index contributed by atoms with van der Waals surface area (Å²) in [6, 6.07) is 10.3. The first-order chi connectivity index (χ1) is 11.4.